The summed E-state index contributed by atoms with van der Waals surface area (Å²) in [6.07, 6.45) is 5.44. The lowest BCUT2D eigenvalue weighted by atomic mass is 9.94. The number of likely N-dealkylation sites (tertiary alicyclic amines) is 1. The molecule has 2 atom stereocenters. The van der Waals surface area contributed by atoms with E-state index in [1.807, 2.05) is 6.07 Å². The number of nitrogens with zero attached hydrogens (tertiary/aromatic N) is 1. The van der Waals surface area contributed by atoms with E-state index < -0.39 is 17.7 Å². The Hall–Kier alpha value is -3.52. The van der Waals surface area contributed by atoms with Crippen LogP contribution in [0.25, 0.3) is 5.76 Å². The number of amides is 1. The number of rotatable bonds is 13. The summed E-state index contributed by atoms with van der Waals surface area (Å²) in [4.78, 5) is 28.2. The molecule has 210 valence electrons. The van der Waals surface area contributed by atoms with Crippen molar-refractivity contribution in [2.45, 2.75) is 64.5 Å². The van der Waals surface area contributed by atoms with Gasteiger partial charge in [0.2, 0.25) is 0 Å². The zero-order chi connectivity index (χ0) is 27.8. The molecule has 0 aliphatic carbocycles. The number of ether oxygens (including phenoxy) is 4. The van der Waals surface area contributed by atoms with Crippen LogP contribution >= 0.6 is 0 Å². The SMILES string of the molecule is CCCCOc1ccc(C(O)=C2C(=O)C(=O)N(CC3CCCO3)C2c2ccc(OCCCC)c(OC)c2)cc1. The Balaban J connectivity index is 1.72. The number of Topliss-reactive ketones (excluding diaryl/α,β-unsaturated/α-hetero) is 1. The van der Waals surface area contributed by atoms with Gasteiger partial charge < -0.3 is 29.0 Å². The maximum absolute atomic E-state index is 13.4. The number of methoxy groups -OCH3 is 1. The Morgan fingerprint density at radius 1 is 1.00 bits per heavy atom. The Morgan fingerprint density at radius 3 is 2.36 bits per heavy atom. The molecule has 1 amide bonds. The second-order valence-electron chi connectivity index (χ2n) is 9.93. The van der Waals surface area contributed by atoms with Crippen LogP contribution < -0.4 is 14.2 Å². The van der Waals surface area contributed by atoms with E-state index in [-0.39, 0.29) is 24.0 Å². The summed E-state index contributed by atoms with van der Waals surface area (Å²) in [6, 6.07) is 11.5. The summed E-state index contributed by atoms with van der Waals surface area (Å²) in [5.41, 5.74) is 1.12. The van der Waals surface area contributed by atoms with E-state index in [9.17, 15) is 14.7 Å². The largest absolute Gasteiger partial charge is 0.507 e. The Morgan fingerprint density at radius 2 is 1.72 bits per heavy atom. The maximum Gasteiger partial charge on any atom is 0.295 e. The van der Waals surface area contributed by atoms with Crippen LogP contribution in [0.3, 0.4) is 0 Å². The average molecular weight is 538 g/mol. The molecule has 0 bridgehead atoms. The third-order valence-corrected chi connectivity index (χ3v) is 7.12. The van der Waals surface area contributed by atoms with Crippen molar-refractivity contribution in [3.63, 3.8) is 0 Å². The third-order valence-electron chi connectivity index (χ3n) is 7.12. The molecule has 2 fully saturated rings. The number of aliphatic hydroxyl groups is 1. The molecular formula is C31H39NO7. The van der Waals surface area contributed by atoms with Gasteiger partial charge in [0.15, 0.2) is 11.5 Å². The highest BCUT2D eigenvalue weighted by Gasteiger charge is 2.47. The number of benzene rings is 2. The molecule has 2 heterocycles. The molecule has 2 aromatic rings. The number of carbonyl (C=O) groups excluding carboxylic acids is 2. The number of carbonyl (C=O) groups is 2. The number of aliphatic hydroxyl groups excluding tert-OH is 1. The van der Waals surface area contributed by atoms with E-state index in [0.717, 1.165) is 38.5 Å². The highest BCUT2D eigenvalue weighted by molar-refractivity contribution is 6.46. The molecule has 4 rings (SSSR count). The van der Waals surface area contributed by atoms with Gasteiger partial charge in [-0.1, -0.05) is 32.8 Å². The second-order valence-corrected chi connectivity index (χ2v) is 9.93. The van der Waals surface area contributed by atoms with Crippen molar-refractivity contribution >= 4 is 17.4 Å². The first-order chi connectivity index (χ1) is 19.0. The first-order valence-electron chi connectivity index (χ1n) is 13.9. The van der Waals surface area contributed by atoms with Gasteiger partial charge in [-0.15, -0.1) is 0 Å². The van der Waals surface area contributed by atoms with Crippen molar-refractivity contribution < 1.29 is 33.6 Å². The minimum absolute atomic E-state index is 0.0411. The third kappa shape index (κ3) is 6.56. The molecule has 8 heteroatoms. The molecule has 0 saturated carbocycles. The Labute approximate surface area is 230 Å². The number of unbranched alkanes of at least 4 members (excludes halogenated alkanes) is 2. The fourth-order valence-corrected chi connectivity index (χ4v) is 4.92. The van der Waals surface area contributed by atoms with E-state index in [1.165, 1.54) is 4.90 Å². The molecular weight excluding hydrogens is 498 g/mol. The summed E-state index contributed by atoms with van der Waals surface area (Å²) in [7, 11) is 1.55. The standard InChI is InChI=1S/C31H39NO7/c1-4-6-16-37-23-13-10-21(11-14-23)29(33)27-28(32(31(35)30(27)34)20-24-9-8-18-38-24)22-12-15-25(26(19-22)36-3)39-17-7-5-2/h10-15,19,24,28,33H,4-9,16-18,20H2,1-3H3. The fourth-order valence-electron chi connectivity index (χ4n) is 4.92. The summed E-state index contributed by atoms with van der Waals surface area (Å²) < 4.78 is 23.0. The van der Waals surface area contributed by atoms with E-state index in [2.05, 4.69) is 13.8 Å². The Kier molecular flexibility index (Phi) is 9.87. The maximum atomic E-state index is 13.4. The first kappa shape index (κ1) is 28.5. The normalized spacial score (nSPS) is 20.4. The van der Waals surface area contributed by atoms with Crippen LogP contribution in [0.15, 0.2) is 48.0 Å². The van der Waals surface area contributed by atoms with Crippen molar-refractivity contribution in [1.29, 1.82) is 0 Å². The van der Waals surface area contributed by atoms with Gasteiger partial charge in [-0.2, -0.15) is 0 Å². The first-order valence-corrected chi connectivity index (χ1v) is 13.9. The summed E-state index contributed by atoms with van der Waals surface area (Å²) in [5.74, 6) is 0.165. The minimum Gasteiger partial charge on any atom is -0.507 e. The zero-order valence-electron chi connectivity index (χ0n) is 23.1. The van der Waals surface area contributed by atoms with E-state index in [1.54, 1.807) is 43.5 Å². The number of hydrogen-bond acceptors (Lipinski definition) is 7. The van der Waals surface area contributed by atoms with Gasteiger partial charge in [0.1, 0.15) is 11.5 Å². The summed E-state index contributed by atoms with van der Waals surface area (Å²) in [5, 5.41) is 11.4. The highest BCUT2D eigenvalue weighted by atomic mass is 16.5. The van der Waals surface area contributed by atoms with Crippen molar-refractivity contribution in [3.8, 4) is 17.2 Å². The highest BCUT2D eigenvalue weighted by Crippen LogP contribution is 2.42. The van der Waals surface area contributed by atoms with Crippen LogP contribution in [-0.2, 0) is 14.3 Å². The van der Waals surface area contributed by atoms with Crippen LogP contribution in [-0.4, -0.2) is 61.3 Å². The van der Waals surface area contributed by atoms with Crippen molar-refractivity contribution in [2.75, 3.05) is 33.5 Å². The van der Waals surface area contributed by atoms with Crippen LogP contribution in [0, 0.1) is 0 Å². The predicted molar refractivity (Wildman–Crippen MR) is 148 cm³/mol. The van der Waals surface area contributed by atoms with Crippen LogP contribution in [0.1, 0.15) is 69.5 Å². The van der Waals surface area contributed by atoms with Gasteiger partial charge >= 0.3 is 0 Å². The molecule has 2 aliphatic heterocycles. The fraction of sp³-hybridized carbons (Fsp3) is 0.484. The topological polar surface area (TPSA) is 94.5 Å². The van der Waals surface area contributed by atoms with Gasteiger partial charge in [-0.3, -0.25) is 9.59 Å². The Bertz CT molecular complexity index is 1170. The van der Waals surface area contributed by atoms with Crippen molar-refractivity contribution in [2.24, 2.45) is 0 Å². The molecule has 2 aliphatic rings. The molecule has 0 aromatic heterocycles. The van der Waals surface area contributed by atoms with Crippen LogP contribution in [0.5, 0.6) is 17.2 Å². The van der Waals surface area contributed by atoms with Crippen molar-refractivity contribution in [1.82, 2.24) is 4.90 Å². The molecule has 2 unspecified atom stereocenters. The lowest BCUT2D eigenvalue weighted by molar-refractivity contribution is -0.140. The molecule has 8 nitrogen and oxygen atoms in total. The van der Waals surface area contributed by atoms with E-state index in [0.29, 0.717) is 48.2 Å². The quantitative estimate of drug-likeness (QED) is 0.153. The molecule has 2 saturated heterocycles. The van der Waals surface area contributed by atoms with E-state index >= 15 is 0 Å². The second kappa shape index (κ2) is 13.5. The number of ketones is 1. The van der Waals surface area contributed by atoms with Gasteiger partial charge in [0, 0.05) is 18.7 Å². The van der Waals surface area contributed by atoms with Gasteiger partial charge in [-0.25, -0.2) is 0 Å². The minimum atomic E-state index is -0.798. The van der Waals surface area contributed by atoms with Gasteiger partial charge in [-0.05, 0) is 67.6 Å². The smallest absolute Gasteiger partial charge is 0.295 e. The summed E-state index contributed by atoms with van der Waals surface area (Å²) in [6.45, 7) is 6.24. The zero-order valence-corrected chi connectivity index (χ0v) is 23.1. The van der Waals surface area contributed by atoms with Gasteiger partial charge in [0.05, 0.1) is 38.0 Å². The molecule has 2 aromatic carbocycles. The van der Waals surface area contributed by atoms with Crippen molar-refractivity contribution in [3.05, 3.63) is 59.2 Å². The monoisotopic (exact) mass is 537 g/mol. The molecule has 0 radical (unpaired) electrons. The summed E-state index contributed by atoms with van der Waals surface area (Å²) >= 11 is 0. The van der Waals surface area contributed by atoms with Gasteiger partial charge in [0.25, 0.3) is 11.7 Å². The lowest BCUT2D eigenvalue weighted by Crippen LogP contribution is -2.36. The average Bonchev–Trinajstić information content (AvgIpc) is 3.56. The molecule has 0 spiro atoms. The van der Waals surface area contributed by atoms with E-state index in [4.69, 9.17) is 18.9 Å². The van der Waals surface area contributed by atoms with Crippen LogP contribution in [0.4, 0.5) is 0 Å². The lowest BCUT2D eigenvalue weighted by Gasteiger charge is -2.28. The predicted octanol–water partition coefficient (Wildman–Crippen LogP) is 5.65. The molecule has 1 N–H and O–H groups in total. The van der Waals surface area contributed by atoms with Crippen LogP contribution in [0.2, 0.25) is 0 Å². The number of hydrogen-bond donors (Lipinski definition) is 1. The molecule has 39 heavy (non-hydrogen) atoms.